The van der Waals surface area contributed by atoms with Gasteiger partial charge in [-0.2, -0.15) is 0 Å². The number of pyridine rings is 1. The molecule has 0 aromatic carbocycles. The van der Waals surface area contributed by atoms with Gasteiger partial charge in [0.05, 0.1) is 6.61 Å². The van der Waals surface area contributed by atoms with Gasteiger partial charge in [-0.3, -0.25) is 0 Å². The SMILES string of the molecule is CCC(CC)N(CCO)c1ccnc(N)c1. The lowest BCUT2D eigenvalue weighted by atomic mass is 10.1. The van der Waals surface area contributed by atoms with Crippen molar-refractivity contribution >= 4 is 11.5 Å². The first-order valence-electron chi connectivity index (χ1n) is 5.81. The fourth-order valence-electron chi connectivity index (χ4n) is 1.97. The van der Waals surface area contributed by atoms with Crippen molar-refractivity contribution in [3.05, 3.63) is 18.3 Å². The summed E-state index contributed by atoms with van der Waals surface area (Å²) in [6.07, 6.45) is 3.81. The molecule has 0 fully saturated rings. The molecule has 0 bridgehead atoms. The highest BCUT2D eigenvalue weighted by Crippen LogP contribution is 2.21. The van der Waals surface area contributed by atoms with Gasteiger partial charge in [-0.25, -0.2) is 4.98 Å². The van der Waals surface area contributed by atoms with Gasteiger partial charge in [0.1, 0.15) is 5.82 Å². The molecule has 1 aromatic rings. The van der Waals surface area contributed by atoms with Gasteiger partial charge >= 0.3 is 0 Å². The third-order valence-electron chi connectivity index (χ3n) is 2.82. The van der Waals surface area contributed by atoms with Crippen molar-refractivity contribution in [3.63, 3.8) is 0 Å². The highest BCUT2D eigenvalue weighted by molar-refractivity contribution is 5.52. The molecule has 0 radical (unpaired) electrons. The van der Waals surface area contributed by atoms with Crippen LogP contribution < -0.4 is 10.6 Å². The standard InChI is InChI=1S/C12H21N3O/c1-3-10(4-2)15(7-8-16)11-5-6-14-12(13)9-11/h5-6,9-10,16H,3-4,7-8H2,1-2H3,(H2,13,14). The van der Waals surface area contributed by atoms with E-state index in [-0.39, 0.29) is 6.61 Å². The Balaban J connectivity index is 2.91. The van der Waals surface area contributed by atoms with Crippen LogP contribution in [0.25, 0.3) is 0 Å². The Kier molecular flexibility index (Phi) is 5.05. The molecule has 0 unspecified atom stereocenters. The van der Waals surface area contributed by atoms with Gasteiger partial charge in [-0.15, -0.1) is 0 Å². The summed E-state index contributed by atoms with van der Waals surface area (Å²) in [6, 6.07) is 4.23. The zero-order valence-corrected chi connectivity index (χ0v) is 10.1. The molecular weight excluding hydrogens is 202 g/mol. The number of nitrogens with two attached hydrogens (primary N) is 1. The molecule has 16 heavy (non-hydrogen) atoms. The van der Waals surface area contributed by atoms with E-state index in [2.05, 4.69) is 23.7 Å². The van der Waals surface area contributed by atoms with E-state index in [0.29, 0.717) is 18.4 Å². The van der Waals surface area contributed by atoms with Crippen LogP contribution >= 0.6 is 0 Å². The number of nitrogen functional groups attached to an aromatic ring is 1. The Hall–Kier alpha value is -1.29. The Bertz CT molecular complexity index is 313. The summed E-state index contributed by atoms with van der Waals surface area (Å²) >= 11 is 0. The van der Waals surface area contributed by atoms with Crippen molar-refractivity contribution in [2.45, 2.75) is 32.7 Å². The van der Waals surface area contributed by atoms with E-state index in [1.165, 1.54) is 0 Å². The monoisotopic (exact) mass is 223 g/mol. The number of rotatable bonds is 6. The van der Waals surface area contributed by atoms with Crippen LogP contribution in [0.4, 0.5) is 11.5 Å². The lowest BCUT2D eigenvalue weighted by Crippen LogP contribution is -2.36. The minimum atomic E-state index is 0.152. The normalized spacial score (nSPS) is 10.8. The van der Waals surface area contributed by atoms with Gasteiger partial charge in [0, 0.05) is 30.5 Å². The summed E-state index contributed by atoms with van der Waals surface area (Å²) in [4.78, 5) is 6.17. The largest absolute Gasteiger partial charge is 0.395 e. The topological polar surface area (TPSA) is 62.4 Å². The van der Waals surface area contributed by atoms with Gasteiger partial charge in [-0.05, 0) is 18.9 Å². The number of hydrogen-bond acceptors (Lipinski definition) is 4. The van der Waals surface area contributed by atoms with Crippen molar-refractivity contribution in [2.24, 2.45) is 0 Å². The summed E-state index contributed by atoms with van der Waals surface area (Å²) in [5.41, 5.74) is 6.71. The average molecular weight is 223 g/mol. The van der Waals surface area contributed by atoms with Crippen molar-refractivity contribution in [3.8, 4) is 0 Å². The third-order valence-corrected chi connectivity index (χ3v) is 2.82. The number of nitrogens with zero attached hydrogens (tertiary/aromatic N) is 2. The van der Waals surface area contributed by atoms with E-state index >= 15 is 0 Å². The fraction of sp³-hybridized carbons (Fsp3) is 0.583. The van der Waals surface area contributed by atoms with Crippen molar-refractivity contribution in [1.82, 2.24) is 4.98 Å². The lowest BCUT2D eigenvalue weighted by molar-refractivity contribution is 0.296. The molecule has 90 valence electrons. The van der Waals surface area contributed by atoms with Crippen LogP contribution in [0.15, 0.2) is 18.3 Å². The Morgan fingerprint density at radius 3 is 2.62 bits per heavy atom. The molecule has 0 aliphatic heterocycles. The van der Waals surface area contributed by atoms with Gasteiger partial charge < -0.3 is 15.7 Å². The van der Waals surface area contributed by atoms with Gasteiger partial charge in [0.25, 0.3) is 0 Å². The molecule has 0 amide bonds. The molecule has 0 aliphatic carbocycles. The van der Waals surface area contributed by atoms with E-state index < -0.39 is 0 Å². The maximum absolute atomic E-state index is 9.12. The lowest BCUT2D eigenvalue weighted by Gasteiger charge is -2.32. The summed E-state index contributed by atoms with van der Waals surface area (Å²) in [6.45, 7) is 5.10. The molecule has 3 N–H and O–H groups in total. The van der Waals surface area contributed by atoms with Crippen LogP contribution in [0.5, 0.6) is 0 Å². The molecule has 0 saturated carbocycles. The number of anilines is 2. The molecule has 0 atom stereocenters. The molecule has 4 heteroatoms. The first kappa shape index (κ1) is 12.8. The number of hydrogen-bond donors (Lipinski definition) is 2. The number of aromatic nitrogens is 1. The average Bonchev–Trinajstić information content (AvgIpc) is 2.29. The quantitative estimate of drug-likeness (QED) is 0.769. The Labute approximate surface area is 97.1 Å². The first-order valence-corrected chi connectivity index (χ1v) is 5.81. The van der Waals surface area contributed by atoms with E-state index in [9.17, 15) is 0 Å². The van der Waals surface area contributed by atoms with Gasteiger partial charge in [0.15, 0.2) is 0 Å². The predicted molar refractivity (Wildman–Crippen MR) is 67.5 cm³/mol. The van der Waals surface area contributed by atoms with Gasteiger partial charge in [-0.1, -0.05) is 13.8 Å². The highest BCUT2D eigenvalue weighted by Gasteiger charge is 2.15. The highest BCUT2D eigenvalue weighted by atomic mass is 16.3. The molecule has 1 heterocycles. The first-order chi connectivity index (χ1) is 7.72. The molecule has 1 rings (SSSR count). The molecule has 0 saturated heterocycles. The predicted octanol–water partition coefficient (Wildman–Crippen LogP) is 1.65. The maximum Gasteiger partial charge on any atom is 0.125 e. The molecule has 0 aliphatic rings. The second kappa shape index (κ2) is 6.33. The number of aliphatic hydroxyl groups excluding tert-OH is 1. The van der Waals surface area contributed by atoms with Gasteiger partial charge in [0.2, 0.25) is 0 Å². The fourth-order valence-corrected chi connectivity index (χ4v) is 1.97. The van der Waals surface area contributed by atoms with E-state index in [4.69, 9.17) is 10.8 Å². The van der Waals surface area contributed by atoms with Crippen LogP contribution in [-0.4, -0.2) is 29.3 Å². The van der Waals surface area contributed by atoms with Crippen LogP contribution in [0.2, 0.25) is 0 Å². The summed E-state index contributed by atoms with van der Waals surface area (Å²) < 4.78 is 0. The second-order valence-corrected chi connectivity index (χ2v) is 3.83. The van der Waals surface area contributed by atoms with Crippen LogP contribution in [0, 0.1) is 0 Å². The second-order valence-electron chi connectivity index (χ2n) is 3.83. The smallest absolute Gasteiger partial charge is 0.125 e. The molecular formula is C12H21N3O. The summed E-state index contributed by atoms with van der Waals surface area (Å²) in [5.74, 6) is 0.520. The zero-order chi connectivity index (χ0) is 12.0. The Morgan fingerprint density at radius 2 is 2.12 bits per heavy atom. The summed E-state index contributed by atoms with van der Waals surface area (Å²) in [5, 5.41) is 9.12. The summed E-state index contributed by atoms with van der Waals surface area (Å²) in [7, 11) is 0. The third kappa shape index (κ3) is 3.10. The van der Waals surface area contributed by atoms with Crippen molar-refractivity contribution in [1.29, 1.82) is 0 Å². The van der Waals surface area contributed by atoms with Crippen LogP contribution in [-0.2, 0) is 0 Å². The molecule has 1 aromatic heterocycles. The van der Waals surface area contributed by atoms with Crippen LogP contribution in [0.1, 0.15) is 26.7 Å². The molecule has 4 nitrogen and oxygen atoms in total. The van der Waals surface area contributed by atoms with E-state index in [1.54, 1.807) is 6.20 Å². The minimum absolute atomic E-state index is 0.152. The van der Waals surface area contributed by atoms with E-state index in [0.717, 1.165) is 18.5 Å². The number of aliphatic hydroxyl groups is 1. The minimum Gasteiger partial charge on any atom is -0.395 e. The van der Waals surface area contributed by atoms with Crippen molar-refractivity contribution < 1.29 is 5.11 Å². The van der Waals surface area contributed by atoms with Crippen LogP contribution in [0.3, 0.4) is 0 Å². The Morgan fingerprint density at radius 1 is 1.44 bits per heavy atom. The molecule has 0 spiro atoms. The van der Waals surface area contributed by atoms with Crippen molar-refractivity contribution in [2.75, 3.05) is 23.8 Å². The van der Waals surface area contributed by atoms with E-state index in [1.807, 2.05) is 12.1 Å². The maximum atomic E-state index is 9.12. The zero-order valence-electron chi connectivity index (χ0n) is 10.1.